The second-order valence-electron chi connectivity index (χ2n) is 7.89. The minimum atomic E-state index is -0.502. The Kier molecular flexibility index (Phi) is 6.73. The number of aromatic nitrogens is 1. The van der Waals surface area contributed by atoms with Crippen molar-refractivity contribution >= 4 is 74.8 Å². The van der Waals surface area contributed by atoms with Crippen LogP contribution in [0, 0.1) is 6.92 Å². The van der Waals surface area contributed by atoms with Gasteiger partial charge >= 0.3 is 0 Å². The molecule has 0 aliphatic rings. The van der Waals surface area contributed by atoms with Gasteiger partial charge in [0.15, 0.2) is 16.5 Å². The summed E-state index contributed by atoms with van der Waals surface area (Å²) in [6.45, 7) is 1.96. The molecule has 10 heteroatoms. The minimum absolute atomic E-state index is 0.0896. The number of nitrogens with one attached hydrogen (secondary N) is 2. The number of aryl methyl sites for hydroxylation is 1. The van der Waals surface area contributed by atoms with Gasteiger partial charge in [-0.3, -0.25) is 10.1 Å². The quantitative estimate of drug-likeness (QED) is 0.217. The van der Waals surface area contributed by atoms with Crippen molar-refractivity contribution in [3.63, 3.8) is 0 Å². The first-order valence-electron chi connectivity index (χ1n) is 10.6. The van der Waals surface area contributed by atoms with Crippen LogP contribution in [0.3, 0.4) is 0 Å². The molecule has 6 nitrogen and oxygen atoms in total. The largest absolute Gasteiger partial charge is 0.451 e. The number of anilines is 1. The summed E-state index contributed by atoms with van der Waals surface area (Å²) in [7, 11) is 0. The Hall–Kier alpha value is -3.36. The maximum absolute atomic E-state index is 12.6. The number of furan rings is 1. The van der Waals surface area contributed by atoms with Gasteiger partial charge in [0.1, 0.15) is 11.3 Å². The highest BCUT2D eigenvalue weighted by atomic mass is 35.5. The van der Waals surface area contributed by atoms with E-state index in [1.807, 2.05) is 25.1 Å². The van der Waals surface area contributed by atoms with Crippen LogP contribution in [0.5, 0.6) is 0 Å². The molecule has 0 aliphatic heterocycles. The summed E-state index contributed by atoms with van der Waals surface area (Å²) >= 11 is 23.7. The van der Waals surface area contributed by atoms with E-state index < -0.39 is 5.91 Å². The molecule has 0 atom stereocenters. The smallest absolute Gasteiger partial charge is 0.293 e. The molecule has 0 radical (unpaired) electrons. The number of thiocarbonyl (C=S) groups is 1. The Balaban J connectivity index is 1.27. The number of hydrogen-bond donors (Lipinski definition) is 2. The molecule has 0 saturated heterocycles. The fourth-order valence-electron chi connectivity index (χ4n) is 3.51. The Morgan fingerprint density at radius 3 is 2.50 bits per heavy atom. The summed E-state index contributed by atoms with van der Waals surface area (Å²) in [6, 6.07) is 19.2. The van der Waals surface area contributed by atoms with Crippen LogP contribution >= 0.6 is 47.0 Å². The lowest BCUT2D eigenvalue weighted by Crippen LogP contribution is -2.33. The zero-order valence-corrected chi connectivity index (χ0v) is 21.6. The lowest BCUT2D eigenvalue weighted by Gasteiger charge is -2.08. The molecular formula is C26H16Cl3N3O3S. The van der Waals surface area contributed by atoms with E-state index >= 15 is 0 Å². The summed E-state index contributed by atoms with van der Waals surface area (Å²) in [6.07, 6.45) is 0. The fraction of sp³-hybridized carbons (Fsp3) is 0.0385. The van der Waals surface area contributed by atoms with E-state index in [2.05, 4.69) is 15.6 Å². The van der Waals surface area contributed by atoms with Crippen molar-refractivity contribution in [2.24, 2.45) is 0 Å². The molecule has 5 rings (SSSR count). The van der Waals surface area contributed by atoms with Gasteiger partial charge in [-0.2, -0.15) is 0 Å². The molecule has 180 valence electrons. The average Bonchev–Trinajstić information content (AvgIpc) is 3.48. The molecule has 2 N–H and O–H groups in total. The molecule has 36 heavy (non-hydrogen) atoms. The van der Waals surface area contributed by atoms with Crippen LogP contribution in [0.15, 0.2) is 75.6 Å². The van der Waals surface area contributed by atoms with Crippen molar-refractivity contribution in [3.05, 3.63) is 93.1 Å². The van der Waals surface area contributed by atoms with Gasteiger partial charge in [0.2, 0.25) is 5.89 Å². The molecule has 0 spiro atoms. The number of fused-ring (bicyclic) bond motifs is 1. The minimum Gasteiger partial charge on any atom is -0.451 e. The van der Waals surface area contributed by atoms with Crippen LogP contribution in [-0.2, 0) is 0 Å². The molecule has 1 amide bonds. The Morgan fingerprint density at radius 2 is 1.72 bits per heavy atom. The Bertz CT molecular complexity index is 1640. The highest BCUT2D eigenvalue weighted by molar-refractivity contribution is 7.80. The van der Waals surface area contributed by atoms with E-state index in [0.29, 0.717) is 54.6 Å². The normalized spacial score (nSPS) is 11.0. The average molecular weight is 557 g/mol. The molecule has 3 aromatic carbocycles. The van der Waals surface area contributed by atoms with Crippen LogP contribution in [0.25, 0.3) is 33.9 Å². The molecule has 0 fully saturated rings. The standard InChI is InChI=1S/C26H16Cl3N3O3S/c1-13-2-5-16(18(28)10-13)25-31-20-12-15(4-7-22(20)35-25)30-26(36)32-24(33)23-9-8-21(34-23)14-3-6-17(27)19(29)11-14/h2-12H,1H3,(H2,30,32,33,36). The van der Waals surface area contributed by atoms with E-state index in [0.717, 1.165) is 5.56 Å². The van der Waals surface area contributed by atoms with Crippen molar-refractivity contribution in [1.29, 1.82) is 0 Å². The van der Waals surface area contributed by atoms with Crippen LogP contribution < -0.4 is 10.6 Å². The van der Waals surface area contributed by atoms with Crippen molar-refractivity contribution in [2.45, 2.75) is 6.92 Å². The maximum Gasteiger partial charge on any atom is 0.293 e. The van der Waals surface area contributed by atoms with Crippen LogP contribution in [0.2, 0.25) is 15.1 Å². The molecule has 0 unspecified atom stereocenters. The third kappa shape index (κ3) is 5.10. The number of oxazole rings is 1. The van der Waals surface area contributed by atoms with Gasteiger partial charge in [-0.1, -0.05) is 40.9 Å². The molecule has 2 aromatic heterocycles. The van der Waals surface area contributed by atoms with E-state index in [-0.39, 0.29) is 10.9 Å². The van der Waals surface area contributed by atoms with E-state index in [4.69, 9.17) is 55.9 Å². The number of rotatable bonds is 4. The van der Waals surface area contributed by atoms with Crippen LogP contribution in [0.1, 0.15) is 16.1 Å². The van der Waals surface area contributed by atoms with Gasteiger partial charge in [-0.25, -0.2) is 4.98 Å². The van der Waals surface area contributed by atoms with Crippen molar-refractivity contribution in [3.8, 4) is 22.8 Å². The number of benzene rings is 3. The summed E-state index contributed by atoms with van der Waals surface area (Å²) in [5.41, 5.74) is 4.26. The monoisotopic (exact) mass is 555 g/mol. The predicted molar refractivity (Wildman–Crippen MR) is 147 cm³/mol. The molecule has 0 aliphatic carbocycles. The van der Waals surface area contributed by atoms with E-state index in [1.54, 1.807) is 48.5 Å². The van der Waals surface area contributed by atoms with E-state index in [1.165, 1.54) is 0 Å². The first-order chi connectivity index (χ1) is 17.3. The number of carbonyl (C=O) groups excluding carboxylic acids is 1. The Morgan fingerprint density at radius 1 is 0.889 bits per heavy atom. The summed E-state index contributed by atoms with van der Waals surface area (Å²) in [5, 5.41) is 7.05. The second-order valence-corrected chi connectivity index (χ2v) is 9.52. The SMILES string of the molecule is Cc1ccc(-c2nc3cc(NC(=S)NC(=O)c4ccc(-c5ccc(Cl)c(Cl)c5)o4)ccc3o2)c(Cl)c1. The molecule has 5 aromatic rings. The highest BCUT2D eigenvalue weighted by Gasteiger charge is 2.16. The lowest BCUT2D eigenvalue weighted by molar-refractivity contribution is 0.0951. The summed E-state index contributed by atoms with van der Waals surface area (Å²) in [5.74, 6) is 0.474. The van der Waals surface area contributed by atoms with Crippen molar-refractivity contribution < 1.29 is 13.6 Å². The van der Waals surface area contributed by atoms with Gasteiger partial charge in [0.25, 0.3) is 5.91 Å². The lowest BCUT2D eigenvalue weighted by atomic mass is 10.1. The molecular weight excluding hydrogens is 541 g/mol. The van der Waals surface area contributed by atoms with Crippen LogP contribution in [0.4, 0.5) is 5.69 Å². The fourth-order valence-corrected chi connectivity index (χ4v) is 4.33. The number of amides is 1. The van der Waals surface area contributed by atoms with Crippen molar-refractivity contribution in [1.82, 2.24) is 10.3 Å². The summed E-state index contributed by atoms with van der Waals surface area (Å²) in [4.78, 5) is 17.2. The topological polar surface area (TPSA) is 80.3 Å². The predicted octanol–water partition coefficient (Wildman–Crippen LogP) is 8.15. The second kappa shape index (κ2) is 9.95. The first kappa shape index (κ1) is 24.3. The zero-order chi connectivity index (χ0) is 25.4. The van der Waals surface area contributed by atoms with Gasteiger partial charge in [-0.05, 0) is 85.4 Å². The van der Waals surface area contributed by atoms with Gasteiger partial charge in [0.05, 0.1) is 20.6 Å². The maximum atomic E-state index is 12.6. The zero-order valence-electron chi connectivity index (χ0n) is 18.6. The third-order valence-electron chi connectivity index (χ3n) is 5.26. The third-order valence-corrected chi connectivity index (χ3v) is 6.52. The van der Waals surface area contributed by atoms with Gasteiger partial charge < -0.3 is 14.2 Å². The van der Waals surface area contributed by atoms with Gasteiger partial charge in [-0.15, -0.1) is 0 Å². The molecule has 0 saturated carbocycles. The number of hydrogen-bond acceptors (Lipinski definition) is 5. The van der Waals surface area contributed by atoms with E-state index in [9.17, 15) is 4.79 Å². The first-order valence-corrected chi connectivity index (χ1v) is 12.2. The van der Waals surface area contributed by atoms with Crippen LogP contribution in [-0.4, -0.2) is 16.0 Å². The highest BCUT2D eigenvalue weighted by Crippen LogP contribution is 2.32. The van der Waals surface area contributed by atoms with Crippen molar-refractivity contribution in [2.75, 3.05) is 5.32 Å². The molecule has 0 bridgehead atoms. The van der Waals surface area contributed by atoms with Gasteiger partial charge in [0, 0.05) is 11.3 Å². The number of halogens is 3. The number of nitrogens with zero attached hydrogens (tertiary/aromatic N) is 1. The number of carbonyl (C=O) groups is 1. The summed E-state index contributed by atoms with van der Waals surface area (Å²) < 4.78 is 11.5. The Labute approximate surface area is 226 Å². The molecule has 2 heterocycles.